The van der Waals surface area contributed by atoms with E-state index in [1.165, 1.54) is 32.1 Å². The van der Waals surface area contributed by atoms with Gasteiger partial charge in [-0.2, -0.15) is 0 Å². The van der Waals surface area contributed by atoms with Crippen LogP contribution in [0.15, 0.2) is 144 Å². The van der Waals surface area contributed by atoms with Crippen molar-refractivity contribution in [3.63, 3.8) is 0 Å². The first kappa shape index (κ1) is 29.2. The van der Waals surface area contributed by atoms with Gasteiger partial charge in [-0.15, -0.1) is 0 Å². The fourth-order valence-electron chi connectivity index (χ4n) is 5.93. The topological polar surface area (TPSA) is 18.5 Å². The van der Waals surface area contributed by atoms with Crippen LogP contribution in [0.1, 0.15) is 39.5 Å². The van der Waals surface area contributed by atoms with E-state index in [-0.39, 0.29) is 11.7 Å². The second kappa shape index (κ2) is 13.6. The molecule has 1 fully saturated rings. The van der Waals surface area contributed by atoms with E-state index in [2.05, 4.69) is 141 Å². The van der Waals surface area contributed by atoms with Crippen LogP contribution in [0.25, 0.3) is 0 Å². The maximum absolute atomic E-state index is 5.94. The Labute approximate surface area is 254 Å². The maximum Gasteiger partial charge on any atom is 0.157 e. The second-order valence-corrected chi connectivity index (χ2v) is 16.1. The molecule has 2 nitrogen and oxygen atoms in total. The Balaban J connectivity index is 1.48. The van der Waals surface area contributed by atoms with E-state index in [0.29, 0.717) is 0 Å². The number of hydrogen-bond donors (Lipinski definition) is 0. The molecule has 0 spiro atoms. The molecule has 0 radical (unpaired) electrons. The van der Waals surface area contributed by atoms with Crippen LogP contribution in [0, 0.1) is 5.41 Å². The molecular formula is C38H40O2P2. The van der Waals surface area contributed by atoms with Crippen molar-refractivity contribution in [1.82, 2.24) is 0 Å². The standard InChI is InChI=1S/C38H40O2P2/c1-38(2,25-24-37-39-26-15-27-40-37)30-28-35(41(31-16-7-3-8-17-31)32-18-9-4-10-19-32)36(29-30)42(33-20-11-5-12-21-33)34-22-13-6-14-23-34/h3-14,16-23,28,37H,15,24-27,29H2,1-2H3. The minimum atomic E-state index is -0.730. The summed E-state index contributed by atoms with van der Waals surface area (Å²) in [7, 11) is -1.43. The first-order valence-electron chi connectivity index (χ1n) is 15.1. The van der Waals surface area contributed by atoms with Crippen LogP contribution in [-0.2, 0) is 9.47 Å². The highest BCUT2D eigenvalue weighted by Crippen LogP contribution is 2.61. The second-order valence-electron chi connectivity index (χ2n) is 11.6. The van der Waals surface area contributed by atoms with Gasteiger partial charge in [0.2, 0.25) is 0 Å². The van der Waals surface area contributed by atoms with Crippen LogP contribution >= 0.6 is 15.8 Å². The summed E-state index contributed by atoms with van der Waals surface area (Å²) in [5, 5.41) is 8.75. The minimum Gasteiger partial charge on any atom is -0.353 e. The first-order valence-corrected chi connectivity index (χ1v) is 17.8. The third-order valence-corrected chi connectivity index (χ3v) is 13.6. The van der Waals surface area contributed by atoms with Crippen molar-refractivity contribution in [1.29, 1.82) is 0 Å². The van der Waals surface area contributed by atoms with E-state index >= 15 is 0 Å². The molecule has 4 aromatic rings. The van der Waals surface area contributed by atoms with Crippen LogP contribution in [0.2, 0.25) is 0 Å². The van der Waals surface area contributed by atoms with Gasteiger partial charge in [-0.05, 0) is 78.8 Å². The third kappa shape index (κ3) is 6.69. The predicted octanol–water partition coefficient (Wildman–Crippen LogP) is 8.36. The lowest BCUT2D eigenvalue weighted by atomic mass is 9.79. The smallest absolute Gasteiger partial charge is 0.157 e. The monoisotopic (exact) mass is 590 g/mol. The fraction of sp³-hybridized carbons (Fsp3) is 0.263. The first-order chi connectivity index (χ1) is 20.6. The summed E-state index contributed by atoms with van der Waals surface area (Å²) in [6.45, 7) is 6.45. The van der Waals surface area contributed by atoms with Crippen molar-refractivity contribution in [2.45, 2.75) is 45.8 Å². The van der Waals surface area contributed by atoms with Gasteiger partial charge in [0.05, 0.1) is 13.2 Å². The lowest BCUT2D eigenvalue weighted by molar-refractivity contribution is -0.183. The SMILES string of the molecule is CC(C)(CCC1OCCCO1)C1=CC(P(c2ccccc2)c2ccccc2)=C(P(c2ccccc2)c2ccccc2)C1. The number of hydrogen-bond acceptors (Lipinski definition) is 2. The van der Waals surface area contributed by atoms with Gasteiger partial charge in [0.1, 0.15) is 0 Å². The molecule has 0 unspecified atom stereocenters. The highest BCUT2D eigenvalue weighted by molar-refractivity contribution is 7.80. The van der Waals surface area contributed by atoms with Crippen LogP contribution < -0.4 is 21.2 Å². The molecule has 42 heavy (non-hydrogen) atoms. The summed E-state index contributed by atoms with van der Waals surface area (Å²) < 4.78 is 11.9. The van der Waals surface area contributed by atoms with Crippen molar-refractivity contribution >= 4 is 37.1 Å². The number of benzene rings is 4. The van der Waals surface area contributed by atoms with Gasteiger partial charge in [0.25, 0.3) is 0 Å². The fourth-order valence-corrected chi connectivity index (χ4v) is 11.4. The maximum atomic E-state index is 5.94. The molecule has 214 valence electrons. The molecule has 0 atom stereocenters. The lowest BCUT2D eigenvalue weighted by Crippen LogP contribution is -2.27. The third-order valence-electron chi connectivity index (χ3n) is 8.30. The lowest BCUT2D eigenvalue weighted by Gasteiger charge is -2.31. The zero-order valence-electron chi connectivity index (χ0n) is 24.7. The molecule has 4 heteroatoms. The van der Waals surface area contributed by atoms with Crippen molar-refractivity contribution in [2.24, 2.45) is 5.41 Å². The number of allylic oxidation sites excluding steroid dienone is 4. The van der Waals surface area contributed by atoms with E-state index in [1.807, 2.05) is 0 Å². The summed E-state index contributed by atoms with van der Waals surface area (Å²) in [6.07, 6.45) is 6.48. The molecule has 1 saturated heterocycles. The normalized spacial score (nSPS) is 16.3. The molecule has 1 heterocycles. The average Bonchev–Trinajstić information content (AvgIpc) is 3.48. The van der Waals surface area contributed by atoms with Crippen LogP contribution in [0.4, 0.5) is 0 Å². The number of rotatable bonds is 10. The highest BCUT2D eigenvalue weighted by atomic mass is 31.1. The Morgan fingerprint density at radius 2 is 1.05 bits per heavy atom. The van der Waals surface area contributed by atoms with Gasteiger partial charge in [0, 0.05) is 0 Å². The average molecular weight is 591 g/mol. The Hall–Kier alpha value is -2.86. The summed E-state index contributed by atoms with van der Waals surface area (Å²) >= 11 is 0. The van der Waals surface area contributed by atoms with Crippen molar-refractivity contribution in [3.05, 3.63) is 144 Å². The van der Waals surface area contributed by atoms with E-state index in [9.17, 15) is 0 Å². The van der Waals surface area contributed by atoms with Crippen LogP contribution in [0.5, 0.6) is 0 Å². The quantitative estimate of drug-likeness (QED) is 0.173. The molecule has 0 N–H and O–H groups in total. The Morgan fingerprint density at radius 1 is 0.619 bits per heavy atom. The van der Waals surface area contributed by atoms with Gasteiger partial charge >= 0.3 is 0 Å². The van der Waals surface area contributed by atoms with Gasteiger partial charge in [0.15, 0.2) is 6.29 Å². The van der Waals surface area contributed by atoms with E-state index in [4.69, 9.17) is 9.47 Å². The van der Waals surface area contributed by atoms with Crippen LogP contribution in [-0.4, -0.2) is 19.5 Å². The van der Waals surface area contributed by atoms with Gasteiger partial charge in [-0.25, -0.2) is 0 Å². The Morgan fingerprint density at radius 3 is 1.50 bits per heavy atom. The highest BCUT2D eigenvalue weighted by Gasteiger charge is 2.36. The van der Waals surface area contributed by atoms with Crippen molar-refractivity contribution < 1.29 is 9.47 Å². The molecule has 0 aromatic heterocycles. The zero-order chi connectivity index (χ0) is 28.8. The van der Waals surface area contributed by atoms with Crippen molar-refractivity contribution in [2.75, 3.05) is 13.2 Å². The number of ether oxygens (including phenoxy) is 2. The van der Waals surface area contributed by atoms with E-state index < -0.39 is 15.8 Å². The molecule has 1 aliphatic heterocycles. The van der Waals surface area contributed by atoms with E-state index in [0.717, 1.165) is 38.9 Å². The predicted molar refractivity (Wildman–Crippen MR) is 181 cm³/mol. The molecule has 2 aliphatic rings. The summed E-state index contributed by atoms with van der Waals surface area (Å²) in [6, 6.07) is 44.7. The molecule has 1 aliphatic carbocycles. The zero-order valence-corrected chi connectivity index (χ0v) is 26.4. The Kier molecular flexibility index (Phi) is 9.48. The summed E-state index contributed by atoms with van der Waals surface area (Å²) in [4.78, 5) is 0. The van der Waals surface area contributed by atoms with Gasteiger partial charge < -0.3 is 9.47 Å². The van der Waals surface area contributed by atoms with Crippen molar-refractivity contribution in [3.8, 4) is 0 Å². The molecular weight excluding hydrogens is 550 g/mol. The van der Waals surface area contributed by atoms with Crippen LogP contribution in [0.3, 0.4) is 0 Å². The Bertz CT molecular complexity index is 1410. The van der Waals surface area contributed by atoms with Gasteiger partial charge in [-0.3, -0.25) is 0 Å². The summed E-state index contributed by atoms with van der Waals surface area (Å²) in [5.74, 6) is 0. The van der Waals surface area contributed by atoms with Gasteiger partial charge in [-0.1, -0.05) is 147 Å². The minimum absolute atomic E-state index is 0.0277. The summed E-state index contributed by atoms with van der Waals surface area (Å²) in [5.41, 5.74) is 1.56. The molecule has 0 bridgehead atoms. The largest absolute Gasteiger partial charge is 0.353 e. The molecule has 6 rings (SSSR count). The molecule has 4 aromatic carbocycles. The van der Waals surface area contributed by atoms with E-state index in [1.54, 1.807) is 5.31 Å². The molecule has 0 amide bonds. The molecule has 0 saturated carbocycles.